The normalized spacial score (nSPS) is 15.7. The maximum absolute atomic E-state index is 11.3. The summed E-state index contributed by atoms with van der Waals surface area (Å²) >= 11 is 0. The average molecular weight is 431 g/mol. The summed E-state index contributed by atoms with van der Waals surface area (Å²) in [6.45, 7) is 0.680. The van der Waals surface area contributed by atoms with Crippen molar-refractivity contribution in [1.29, 1.82) is 0 Å². The molecular weight excluding hydrogens is 406 g/mol. The van der Waals surface area contributed by atoms with E-state index in [2.05, 4.69) is 39.0 Å². The molecule has 6 heteroatoms. The van der Waals surface area contributed by atoms with Gasteiger partial charge in [0, 0.05) is 5.56 Å². The minimum absolute atomic E-state index is 0.163. The molecule has 3 aromatic rings. The monoisotopic (exact) mass is 431 g/mol. The summed E-state index contributed by atoms with van der Waals surface area (Å²) in [5.41, 5.74) is 4.81. The van der Waals surface area contributed by atoms with Crippen LogP contribution in [0, 0.1) is 0 Å². The number of hydrogen-bond acceptors (Lipinski definition) is 6. The van der Waals surface area contributed by atoms with Gasteiger partial charge in [0.2, 0.25) is 0 Å². The van der Waals surface area contributed by atoms with Crippen molar-refractivity contribution in [3.63, 3.8) is 0 Å². The van der Waals surface area contributed by atoms with E-state index in [-0.39, 0.29) is 11.8 Å². The van der Waals surface area contributed by atoms with E-state index in [4.69, 9.17) is 9.47 Å². The lowest BCUT2D eigenvalue weighted by atomic mass is 10.1. The molecule has 32 heavy (non-hydrogen) atoms. The SMILES string of the molecule is CON=C(C(=O)OC)c1ccccc1.c1ccc2c(c1)CCC2Oc1cccc2c1CO2. The third-order valence-corrected chi connectivity index (χ3v) is 5.42. The highest BCUT2D eigenvalue weighted by atomic mass is 16.6. The molecule has 1 aliphatic heterocycles. The number of hydrogen-bond donors (Lipinski definition) is 0. The third kappa shape index (κ3) is 4.59. The molecule has 1 heterocycles. The van der Waals surface area contributed by atoms with Crippen LogP contribution in [0.25, 0.3) is 0 Å². The largest absolute Gasteiger partial charge is 0.488 e. The predicted molar refractivity (Wildman–Crippen MR) is 121 cm³/mol. The number of oxime groups is 1. The fourth-order valence-corrected chi connectivity index (χ4v) is 3.79. The number of ether oxygens (including phenoxy) is 3. The number of carbonyl (C=O) groups is 1. The number of benzene rings is 3. The second-order valence-corrected chi connectivity index (χ2v) is 7.35. The Morgan fingerprint density at radius 2 is 1.75 bits per heavy atom. The molecule has 1 aliphatic carbocycles. The molecule has 0 N–H and O–H groups in total. The molecule has 1 unspecified atom stereocenters. The molecule has 5 rings (SSSR count). The van der Waals surface area contributed by atoms with Crippen LogP contribution in [0.4, 0.5) is 0 Å². The highest BCUT2D eigenvalue weighted by Crippen LogP contribution is 2.41. The molecule has 0 fully saturated rings. The van der Waals surface area contributed by atoms with Crippen molar-refractivity contribution in [3.8, 4) is 11.5 Å². The maximum Gasteiger partial charge on any atom is 0.360 e. The lowest BCUT2D eigenvalue weighted by molar-refractivity contribution is -0.132. The summed E-state index contributed by atoms with van der Waals surface area (Å²) in [6, 6.07) is 23.6. The molecule has 0 saturated heterocycles. The van der Waals surface area contributed by atoms with Crippen LogP contribution in [0.15, 0.2) is 78.0 Å². The molecule has 6 nitrogen and oxygen atoms in total. The van der Waals surface area contributed by atoms with Crippen molar-refractivity contribution < 1.29 is 23.8 Å². The topological polar surface area (TPSA) is 66.4 Å². The zero-order valence-electron chi connectivity index (χ0n) is 18.1. The first-order chi connectivity index (χ1) is 15.7. The number of fused-ring (bicyclic) bond motifs is 2. The van der Waals surface area contributed by atoms with Crippen molar-refractivity contribution in [3.05, 3.63) is 95.1 Å². The van der Waals surface area contributed by atoms with Crippen LogP contribution in [0.1, 0.15) is 34.8 Å². The van der Waals surface area contributed by atoms with Gasteiger partial charge in [0.25, 0.3) is 0 Å². The first-order valence-corrected chi connectivity index (χ1v) is 10.4. The Bertz CT molecular complexity index is 1110. The maximum atomic E-state index is 11.3. The number of carbonyl (C=O) groups excluding carboxylic acids is 1. The van der Waals surface area contributed by atoms with Crippen molar-refractivity contribution in [1.82, 2.24) is 0 Å². The molecule has 0 radical (unpaired) electrons. The number of aryl methyl sites for hydroxylation is 1. The average Bonchev–Trinajstić information content (AvgIpc) is 3.22. The molecule has 0 saturated carbocycles. The van der Waals surface area contributed by atoms with Crippen molar-refractivity contribution in [2.45, 2.75) is 25.6 Å². The van der Waals surface area contributed by atoms with E-state index >= 15 is 0 Å². The van der Waals surface area contributed by atoms with E-state index < -0.39 is 5.97 Å². The first kappa shape index (κ1) is 21.4. The van der Waals surface area contributed by atoms with Gasteiger partial charge in [0.1, 0.15) is 31.3 Å². The summed E-state index contributed by atoms with van der Waals surface area (Å²) in [4.78, 5) is 15.8. The van der Waals surface area contributed by atoms with Crippen LogP contribution in [0.2, 0.25) is 0 Å². The lowest BCUT2D eigenvalue weighted by Crippen LogP contribution is -2.17. The van der Waals surface area contributed by atoms with Crippen LogP contribution in [-0.4, -0.2) is 25.9 Å². The van der Waals surface area contributed by atoms with Gasteiger partial charge in [-0.25, -0.2) is 4.79 Å². The molecule has 0 bridgehead atoms. The smallest absolute Gasteiger partial charge is 0.360 e. The quantitative estimate of drug-likeness (QED) is 0.328. The van der Waals surface area contributed by atoms with Gasteiger partial charge in [0.05, 0.1) is 12.7 Å². The molecule has 164 valence electrons. The van der Waals surface area contributed by atoms with Gasteiger partial charge in [-0.15, -0.1) is 0 Å². The molecule has 3 aromatic carbocycles. The van der Waals surface area contributed by atoms with E-state index in [1.54, 1.807) is 12.1 Å². The van der Waals surface area contributed by atoms with Gasteiger partial charge in [-0.3, -0.25) is 0 Å². The predicted octanol–water partition coefficient (Wildman–Crippen LogP) is 4.86. The Hall–Kier alpha value is -3.80. The van der Waals surface area contributed by atoms with E-state index in [1.807, 2.05) is 36.4 Å². The Kier molecular flexibility index (Phi) is 6.70. The highest BCUT2D eigenvalue weighted by molar-refractivity contribution is 6.43. The number of esters is 1. The zero-order chi connectivity index (χ0) is 22.3. The Morgan fingerprint density at radius 3 is 2.47 bits per heavy atom. The summed E-state index contributed by atoms with van der Waals surface area (Å²) in [5.74, 6) is 1.44. The Morgan fingerprint density at radius 1 is 0.969 bits per heavy atom. The fourth-order valence-electron chi connectivity index (χ4n) is 3.79. The van der Waals surface area contributed by atoms with Gasteiger partial charge in [0.15, 0.2) is 5.71 Å². The van der Waals surface area contributed by atoms with Gasteiger partial charge >= 0.3 is 5.97 Å². The fraction of sp³-hybridized carbons (Fsp3) is 0.231. The summed E-state index contributed by atoms with van der Waals surface area (Å²) in [7, 11) is 2.68. The molecule has 0 amide bonds. The van der Waals surface area contributed by atoms with Gasteiger partial charge in [-0.1, -0.05) is 65.8 Å². The van der Waals surface area contributed by atoms with Gasteiger partial charge in [-0.2, -0.15) is 0 Å². The Balaban J connectivity index is 0.000000159. The van der Waals surface area contributed by atoms with Gasteiger partial charge in [-0.05, 0) is 36.1 Å². The number of rotatable bonds is 5. The minimum Gasteiger partial charge on any atom is -0.488 e. The summed E-state index contributed by atoms with van der Waals surface area (Å²) in [5, 5.41) is 3.61. The molecule has 0 aromatic heterocycles. The van der Waals surface area contributed by atoms with Crippen molar-refractivity contribution in [2.24, 2.45) is 5.16 Å². The van der Waals surface area contributed by atoms with Crippen LogP contribution >= 0.6 is 0 Å². The standard InChI is InChI=1S/C16H14O2.C10H11NO3/c1-2-5-12-11(4-1)8-9-16(12)18-15-7-3-6-14-13(15)10-17-14;1-13-10(12)9(11-14-2)8-6-4-3-5-7-8/h1-7,16H,8-10H2;3-7H,1-2H3. The van der Waals surface area contributed by atoms with Crippen molar-refractivity contribution in [2.75, 3.05) is 14.2 Å². The molecule has 1 atom stereocenters. The van der Waals surface area contributed by atoms with E-state index in [1.165, 1.54) is 30.9 Å². The van der Waals surface area contributed by atoms with Gasteiger partial charge < -0.3 is 19.0 Å². The van der Waals surface area contributed by atoms with Crippen LogP contribution in [0.3, 0.4) is 0 Å². The lowest BCUT2D eigenvalue weighted by Gasteiger charge is -2.25. The van der Waals surface area contributed by atoms with E-state index in [9.17, 15) is 4.79 Å². The van der Waals surface area contributed by atoms with Crippen LogP contribution in [-0.2, 0) is 27.4 Å². The minimum atomic E-state index is -0.516. The summed E-state index contributed by atoms with van der Waals surface area (Å²) < 4.78 is 16.1. The van der Waals surface area contributed by atoms with E-state index in [0.29, 0.717) is 12.2 Å². The highest BCUT2D eigenvalue weighted by Gasteiger charge is 2.26. The van der Waals surface area contributed by atoms with Crippen molar-refractivity contribution >= 4 is 11.7 Å². The Labute approximate surface area is 187 Å². The first-order valence-electron chi connectivity index (χ1n) is 10.4. The molecular formula is C26H25NO5. The number of methoxy groups -OCH3 is 1. The summed E-state index contributed by atoms with van der Waals surface area (Å²) in [6.07, 6.45) is 2.39. The second-order valence-electron chi connectivity index (χ2n) is 7.35. The molecule has 2 aliphatic rings. The van der Waals surface area contributed by atoms with E-state index in [0.717, 1.165) is 24.3 Å². The zero-order valence-corrected chi connectivity index (χ0v) is 18.1. The van der Waals surface area contributed by atoms with Crippen LogP contribution < -0.4 is 9.47 Å². The number of nitrogens with zero attached hydrogens (tertiary/aromatic N) is 1. The van der Waals surface area contributed by atoms with Crippen LogP contribution in [0.5, 0.6) is 11.5 Å². The second kappa shape index (κ2) is 10.0. The molecule has 0 spiro atoms. The third-order valence-electron chi connectivity index (χ3n) is 5.42.